The molecule has 0 atom stereocenters. The van der Waals surface area contributed by atoms with Gasteiger partial charge in [-0.2, -0.15) is 0 Å². The monoisotopic (exact) mass is 269 g/mol. The van der Waals surface area contributed by atoms with Crippen molar-refractivity contribution in [2.75, 3.05) is 31.1 Å². The molecule has 1 saturated heterocycles. The van der Waals surface area contributed by atoms with Gasteiger partial charge in [-0.1, -0.05) is 11.8 Å². The maximum Gasteiger partial charge on any atom is 0.222 e. The standard InChI is InChI=1S/C12H23N5S/c1-10(2)17-11(13)14-15-12(17)18-9-5-8-16-6-3-4-7-16/h10H,3-9H2,1-2H3,(H2,13,14). The molecule has 1 aliphatic heterocycles. The summed E-state index contributed by atoms with van der Waals surface area (Å²) in [6.45, 7) is 7.97. The lowest BCUT2D eigenvalue weighted by Crippen LogP contribution is -2.20. The average molecular weight is 269 g/mol. The topological polar surface area (TPSA) is 60.0 Å². The Labute approximate surface area is 113 Å². The first-order valence-electron chi connectivity index (χ1n) is 6.74. The minimum absolute atomic E-state index is 0.320. The number of aromatic nitrogens is 3. The quantitative estimate of drug-likeness (QED) is 0.632. The highest BCUT2D eigenvalue weighted by molar-refractivity contribution is 7.99. The van der Waals surface area contributed by atoms with Crippen LogP contribution in [0.4, 0.5) is 5.95 Å². The Morgan fingerprint density at radius 3 is 2.67 bits per heavy atom. The fourth-order valence-corrected chi connectivity index (χ4v) is 3.33. The highest BCUT2D eigenvalue weighted by Gasteiger charge is 2.14. The molecule has 2 heterocycles. The summed E-state index contributed by atoms with van der Waals surface area (Å²) < 4.78 is 2.00. The van der Waals surface area contributed by atoms with Crippen LogP contribution in [-0.2, 0) is 0 Å². The highest BCUT2D eigenvalue weighted by Crippen LogP contribution is 2.23. The summed E-state index contributed by atoms with van der Waals surface area (Å²) in [5.74, 6) is 1.61. The zero-order valence-corrected chi connectivity index (χ0v) is 12.1. The van der Waals surface area contributed by atoms with Crippen molar-refractivity contribution in [3.05, 3.63) is 0 Å². The summed E-state index contributed by atoms with van der Waals surface area (Å²) in [6, 6.07) is 0.320. The molecule has 0 bridgehead atoms. The van der Waals surface area contributed by atoms with Gasteiger partial charge in [0.25, 0.3) is 0 Å². The molecule has 2 rings (SSSR count). The molecule has 6 heteroatoms. The fraction of sp³-hybridized carbons (Fsp3) is 0.833. The van der Waals surface area contributed by atoms with Gasteiger partial charge >= 0.3 is 0 Å². The van der Waals surface area contributed by atoms with Crippen molar-refractivity contribution in [3.8, 4) is 0 Å². The van der Waals surface area contributed by atoms with Gasteiger partial charge in [0.1, 0.15) is 0 Å². The molecule has 1 fully saturated rings. The van der Waals surface area contributed by atoms with Gasteiger partial charge in [-0.25, -0.2) is 0 Å². The number of hydrogen-bond acceptors (Lipinski definition) is 5. The molecule has 0 spiro atoms. The summed E-state index contributed by atoms with van der Waals surface area (Å²) >= 11 is 1.76. The number of nitrogen functional groups attached to an aromatic ring is 1. The summed E-state index contributed by atoms with van der Waals surface area (Å²) in [6.07, 6.45) is 3.94. The molecule has 0 radical (unpaired) electrons. The van der Waals surface area contributed by atoms with Gasteiger partial charge in [0.15, 0.2) is 5.16 Å². The second kappa shape index (κ2) is 6.43. The fourth-order valence-electron chi connectivity index (χ4n) is 2.33. The van der Waals surface area contributed by atoms with Gasteiger partial charge < -0.3 is 10.6 Å². The molecular weight excluding hydrogens is 246 g/mol. The zero-order valence-electron chi connectivity index (χ0n) is 11.3. The van der Waals surface area contributed by atoms with Gasteiger partial charge in [-0.15, -0.1) is 10.2 Å². The Morgan fingerprint density at radius 2 is 2.00 bits per heavy atom. The van der Waals surface area contributed by atoms with Crippen LogP contribution in [0.1, 0.15) is 39.2 Å². The molecule has 0 unspecified atom stereocenters. The molecule has 18 heavy (non-hydrogen) atoms. The maximum absolute atomic E-state index is 5.81. The number of hydrogen-bond donors (Lipinski definition) is 1. The first-order chi connectivity index (χ1) is 8.68. The Kier molecular flexibility index (Phi) is 4.88. The smallest absolute Gasteiger partial charge is 0.222 e. The molecular formula is C12H23N5S. The van der Waals surface area contributed by atoms with Gasteiger partial charge in [0, 0.05) is 11.8 Å². The van der Waals surface area contributed by atoms with Crippen LogP contribution in [0.3, 0.4) is 0 Å². The van der Waals surface area contributed by atoms with E-state index in [4.69, 9.17) is 5.73 Å². The minimum Gasteiger partial charge on any atom is -0.368 e. The highest BCUT2D eigenvalue weighted by atomic mass is 32.2. The first-order valence-corrected chi connectivity index (χ1v) is 7.72. The van der Waals surface area contributed by atoms with Crippen molar-refractivity contribution in [3.63, 3.8) is 0 Å². The Hall–Kier alpha value is -0.750. The van der Waals surface area contributed by atoms with Crippen molar-refractivity contribution in [2.24, 2.45) is 0 Å². The first kappa shape index (κ1) is 13.7. The molecule has 5 nitrogen and oxygen atoms in total. The number of nitrogens with zero attached hydrogens (tertiary/aromatic N) is 4. The van der Waals surface area contributed by atoms with Gasteiger partial charge in [-0.3, -0.25) is 4.57 Å². The number of thioether (sulfide) groups is 1. The third-order valence-electron chi connectivity index (χ3n) is 3.26. The lowest BCUT2D eigenvalue weighted by Gasteiger charge is -2.14. The maximum atomic E-state index is 5.81. The van der Waals surface area contributed by atoms with E-state index in [1.807, 2.05) is 4.57 Å². The van der Waals surface area contributed by atoms with Gasteiger partial charge in [-0.05, 0) is 52.7 Å². The molecule has 0 amide bonds. The summed E-state index contributed by atoms with van der Waals surface area (Å²) in [5.41, 5.74) is 5.81. The molecule has 1 aromatic rings. The largest absolute Gasteiger partial charge is 0.368 e. The van der Waals surface area contributed by atoms with Crippen LogP contribution in [0.15, 0.2) is 5.16 Å². The number of nitrogens with two attached hydrogens (primary N) is 1. The van der Waals surface area contributed by atoms with Crippen LogP contribution < -0.4 is 5.73 Å². The number of likely N-dealkylation sites (tertiary alicyclic amines) is 1. The van der Waals surface area contributed by atoms with Crippen molar-refractivity contribution in [1.29, 1.82) is 0 Å². The molecule has 0 aliphatic carbocycles. The van der Waals surface area contributed by atoms with Crippen LogP contribution in [0.25, 0.3) is 0 Å². The summed E-state index contributed by atoms with van der Waals surface area (Å²) in [7, 11) is 0. The summed E-state index contributed by atoms with van der Waals surface area (Å²) in [4.78, 5) is 2.54. The zero-order chi connectivity index (χ0) is 13.0. The van der Waals surface area contributed by atoms with E-state index in [0.717, 1.165) is 10.9 Å². The normalized spacial score (nSPS) is 16.8. The second-order valence-electron chi connectivity index (χ2n) is 5.06. The molecule has 1 aromatic heterocycles. The Morgan fingerprint density at radius 1 is 1.28 bits per heavy atom. The van der Waals surface area contributed by atoms with Gasteiger partial charge in [0.2, 0.25) is 5.95 Å². The second-order valence-corrected chi connectivity index (χ2v) is 6.12. The van der Waals surface area contributed by atoms with Crippen LogP contribution >= 0.6 is 11.8 Å². The Bertz CT molecular complexity index is 371. The SMILES string of the molecule is CC(C)n1c(N)nnc1SCCCN1CCCC1. The van der Waals surface area contributed by atoms with E-state index in [1.54, 1.807) is 11.8 Å². The minimum atomic E-state index is 0.320. The number of anilines is 1. The van der Waals surface area contributed by atoms with Crippen molar-refractivity contribution in [2.45, 2.75) is 44.3 Å². The van der Waals surface area contributed by atoms with Crippen LogP contribution in [0.5, 0.6) is 0 Å². The third-order valence-corrected chi connectivity index (χ3v) is 4.29. The van der Waals surface area contributed by atoms with Crippen LogP contribution in [0.2, 0.25) is 0 Å². The van der Waals surface area contributed by atoms with E-state index in [9.17, 15) is 0 Å². The third kappa shape index (κ3) is 3.38. The van der Waals surface area contributed by atoms with E-state index < -0.39 is 0 Å². The van der Waals surface area contributed by atoms with E-state index in [2.05, 4.69) is 28.9 Å². The average Bonchev–Trinajstić information content (AvgIpc) is 2.94. The Balaban J connectivity index is 1.76. The lowest BCUT2D eigenvalue weighted by molar-refractivity contribution is 0.341. The van der Waals surface area contributed by atoms with Crippen LogP contribution in [-0.4, -0.2) is 45.1 Å². The predicted molar refractivity (Wildman–Crippen MR) is 75.8 cm³/mol. The molecule has 2 N–H and O–H groups in total. The van der Waals surface area contributed by atoms with E-state index in [1.165, 1.54) is 38.9 Å². The molecule has 0 aromatic carbocycles. The van der Waals surface area contributed by atoms with Crippen LogP contribution in [0, 0.1) is 0 Å². The van der Waals surface area contributed by atoms with Crippen molar-refractivity contribution < 1.29 is 0 Å². The molecule has 0 saturated carbocycles. The summed E-state index contributed by atoms with van der Waals surface area (Å²) in [5, 5.41) is 9.05. The van der Waals surface area contributed by atoms with Gasteiger partial charge in [0.05, 0.1) is 0 Å². The van der Waals surface area contributed by atoms with E-state index >= 15 is 0 Å². The predicted octanol–water partition coefficient (Wildman–Crippen LogP) is 2.02. The number of rotatable bonds is 6. The van der Waals surface area contributed by atoms with Crippen molar-refractivity contribution in [1.82, 2.24) is 19.7 Å². The lowest BCUT2D eigenvalue weighted by atomic mass is 10.4. The molecule has 1 aliphatic rings. The van der Waals surface area contributed by atoms with Crippen molar-refractivity contribution >= 4 is 17.7 Å². The van der Waals surface area contributed by atoms with E-state index in [0.29, 0.717) is 12.0 Å². The van der Waals surface area contributed by atoms with E-state index in [-0.39, 0.29) is 0 Å². The molecule has 102 valence electrons.